The second-order valence-electron chi connectivity index (χ2n) is 4.54. The molecule has 1 aromatic heterocycles. The maximum atomic E-state index is 10.8. The van der Waals surface area contributed by atoms with Crippen LogP contribution in [0.2, 0.25) is 0 Å². The minimum absolute atomic E-state index is 0.308. The average molecular weight is 282 g/mol. The molecule has 0 amide bonds. The van der Waals surface area contributed by atoms with Crippen molar-refractivity contribution in [3.05, 3.63) is 53.6 Å². The van der Waals surface area contributed by atoms with Gasteiger partial charge in [0.25, 0.3) is 6.01 Å². The SMILES string of the molecule is COc1cc(C=O)ccc1COc1nc2ccccc2[nH]1. The van der Waals surface area contributed by atoms with E-state index in [0.717, 1.165) is 22.9 Å². The first-order valence-electron chi connectivity index (χ1n) is 6.50. The molecule has 5 heteroatoms. The highest BCUT2D eigenvalue weighted by atomic mass is 16.5. The van der Waals surface area contributed by atoms with Gasteiger partial charge in [-0.15, -0.1) is 0 Å². The van der Waals surface area contributed by atoms with Gasteiger partial charge in [-0.05, 0) is 18.2 Å². The minimum atomic E-state index is 0.308. The molecule has 3 aromatic rings. The number of fused-ring (bicyclic) bond motifs is 1. The Morgan fingerprint density at radius 3 is 2.86 bits per heavy atom. The molecule has 1 N–H and O–H groups in total. The molecule has 106 valence electrons. The Hall–Kier alpha value is -2.82. The van der Waals surface area contributed by atoms with Crippen LogP contribution in [0.1, 0.15) is 15.9 Å². The van der Waals surface area contributed by atoms with Gasteiger partial charge in [0, 0.05) is 11.1 Å². The van der Waals surface area contributed by atoms with Crippen LogP contribution < -0.4 is 9.47 Å². The molecule has 0 aliphatic carbocycles. The third-order valence-corrected chi connectivity index (χ3v) is 3.18. The normalized spacial score (nSPS) is 10.5. The predicted octanol–water partition coefficient (Wildman–Crippen LogP) is 2.96. The summed E-state index contributed by atoms with van der Waals surface area (Å²) in [5, 5.41) is 0. The van der Waals surface area contributed by atoms with Gasteiger partial charge in [0.15, 0.2) is 0 Å². The van der Waals surface area contributed by atoms with Gasteiger partial charge in [-0.2, -0.15) is 4.98 Å². The first-order valence-corrected chi connectivity index (χ1v) is 6.50. The van der Waals surface area contributed by atoms with E-state index in [1.165, 1.54) is 0 Å². The number of hydrogen-bond donors (Lipinski definition) is 1. The number of carbonyl (C=O) groups excluding carboxylic acids is 1. The fraction of sp³-hybridized carbons (Fsp3) is 0.125. The van der Waals surface area contributed by atoms with E-state index in [1.807, 2.05) is 30.3 Å². The van der Waals surface area contributed by atoms with E-state index in [2.05, 4.69) is 9.97 Å². The van der Waals surface area contributed by atoms with Crippen molar-refractivity contribution in [3.8, 4) is 11.8 Å². The Kier molecular flexibility index (Phi) is 3.55. The van der Waals surface area contributed by atoms with Crippen LogP contribution in [0.3, 0.4) is 0 Å². The molecule has 5 nitrogen and oxygen atoms in total. The number of ether oxygens (including phenoxy) is 2. The maximum absolute atomic E-state index is 10.8. The van der Waals surface area contributed by atoms with Crippen molar-refractivity contribution >= 4 is 17.3 Å². The van der Waals surface area contributed by atoms with Gasteiger partial charge in [0.1, 0.15) is 18.6 Å². The molecule has 0 radical (unpaired) electrons. The highest BCUT2D eigenvalue weighted by Gasteiger charge is 2.07. The molecular formula is C16H14N2O3. The monoisotopic (exact) mass is 282 g/mol. The van der Waals surface area contributed by atoms with Crippen LogP contribution in [0.4, 0.5) is 0 Å². The molecule has 0 unspecified atom stereocenters. The largest absolute Gasteiger partial charge is 0.496 e. The standard InChI is InChI=1S/C16H14N2O3/c1-20-15-8-11(9-19)6-7-12(15)10-21-16-17-13-4-2-3-5-14(13)18-16/h2-9H,10H2,1H3,(H,17,18). The lowest BCUT2D eigenvalue weighted by Crippen LogP contribution is -2.00. The van der Waals surface area contributed by atoms with Crippen LogP contribution in [0, 0.1) is 0 Å². The van der Waals surface area contributed by atoms with E-state index in [4.69, 9.17) is 9.47 Å². The number of nitrogens with one attached hydrogen (secondary N) is 1. The van der Waals surface area contributed by atoms with Crippen LogP contribution in [0.15, 0.2) is 42.5 Å². The minimum Gasteiger partial charge on any atom is -0.496 e. The number of hydrogen-bond acceptors (Lipinski definition) is 4. The van der Waals surface area contributed by atoms with Crippen molar-refractivity contribution in [2.24, 2.45) is 0 Å². The summed E-state index contributed by atoms with van der Waals surface area (Å²) < 4.78 is 10.9. The third-order valence-electron chi connectivity index (χ3n) is 3.18. The lowest BCUT2D eigenvalue weighted by Gasteiger charge is -2.09. The van der Waals surface area contributed by atoms with E-state index in [1.54, 1.807) is 19.2 Å². The van der Waals surface area contributed by atoms with E-state index >= 15 is 0 Å². The summed E-state index contributed by atoms with van der Waals surface area (Å²) in [5.41, 5.74) is 3.20. The Morgan fingerprint density at radius 1 is 1.24 bits per heavy atom. The zero-order valence-corrected chi connectivity index (χ0v) is 11.5. The van der Waals surface area contributed by atoms with Crippen molar-refractivity contribution in [2.45, 2.75) is 6.61 Å². The van der Waals surface area contributed by atoms with Gasteiger partial charge in [0.05, 0.1) is 18.1 Å². The van der Waals surface area contributed by atoms with Gasteiger partial charge >= 0.3 is 0 Å². The van der Waals surface area contributed by atoms with E-state index in [9.17, 15) is 4.79 Å². The van der Waals surface area contributed by atoms with Crippen LogP contribution in [0.25, 0.3) is 11.0 Å². The predicted molar refractivity (Wildman–Crippen MR) is 78.8 cm³/mol. The highest BCUT2D eigenvalue weighted by Crippen LogP contribution is 2.22. The van der Waals surface area contributed by atoms with Crippen molar-refractivity contribution in [2.75, 3.05) is 7.11 Å². The summed E-state index contributed by atoms with van der Waals surface area (Å²) in [5.74, 6) is 0.621. The summed E-state index contributed by atoms with van der Waals surface area (Å²) >= 11 is 0. The van der Waals surface area contributed by atoms with E-state index < -0.39 is 0 Å². The molecule has 0 saturated carbocycles. The fourth-order valence-electron chi connectivity index (χ4n) is 2.10. The smallest absolute Gasteiger partial charge is 0.294 e. The highest BCUT2D eigenvalue weighted by molar-refractivity contribution is 5.76. The fourth-order valence-corrected chi connectivity index (χ4v) is 2.10. The molecule has 3 rings (SSSR count). The molecule has 0 fully saturated rings. The zero-order chi connectivity index (χ0) is 14.7. The lowest BCUT2D eigenvalue weighted by molar-refractivity contribution is 0.112. The maximum Gasteiger partial charge on any atom is 0.294 e. The number of H-pyrrole nitrogens is 1. The number of aldehydes is 1. The third kappa shape index (κ3) is 2.72. The Morgan fingerprint density at radius 2 is 2.10 bits per heavy atom. The van der Waals surface area contributed by atoms with Crippen LogP contribution in [0.5, 0.6) is 11.8 Å². The van der Waals surface area contributed by atoms with Crippen molar-refractivity contribution in [1.29, 1.82) is 0 Å². The molecule has 0 saturated heterocycles. The van der Waals surface area contributed by atoms with Crippen LogP contribution in [-0.2, 0) is 6.61 Å². The van der Waals surface area contributed by atoms with Crippen LogP contribution >= 0.6 is 0 Å². The van der Waals surface area contributed by atoms with Crippen molar-refractivity contribution in [1.82, 2.24) is 9.97 Å². The summed E-state index contributed by atoms with van der Waals surface area (Å²) in [7, 11) is 1.56. The van der Waals surface area contributed by atoms with Crippen molar-refractivity contribution in [3.63, 3.8) is 0 Å². The number of methoxy groups -OCH3 is 1. The summed E-state index contributed by atoms with van der Waals surface area (Å²) in [6, 6.07) is 13.4. The number of nitrogens with zero attached hydrogens (tertiary/aromatic N) is 1. The van der Waals surface area contributed by atoms with E-state index in [0.29, 0.717) is 23.9 Å². The summed E-state index contributed by atoms with van der Waals surface area (Å²) in [4.78, 5) is 18.2. The second kappa shape index (κ2) is 5.66. The quantitative estimate of drug-likeness (QED) is 0.731. The molecule has 0 bridgehead atoms. The Balaban J connectivity index is 1.79. The molecule has 1 heterocycles. The first kappa shape index (κ1) is 13.2. The van der Waals surface area contributed by atoms with Gasteiger partial charge in [-0.3, -0.25) is 4.79 Å². The molecule has 0 aliphatic rings. The first-order chi connectivity index (χ1) is 10.3. The van der Waals surface area contributed by atoms with Gasteiger partial charge in [-0.1, -0.05) is 24.3 Å². The summed E-state index contributed by atoms with van der Waals surface area (Å²) in [6.45, 7) is 0.308. The molecule has 0 aliphatic heterocycles. The molecule has 21 heavy (non-hydrogen) atoms. The Labute approximate surface area is 121 Å². The molecule has 2 aromatic carbocycles. The van der Waals surface area contributed by atoms with Gasteiger partial charge in [0.2, 0.25) is 0 Å². The second-order valence-corrected chi connectivity index (χ2v) is 4.54. The number of carbonyl (C=O) groups is 1. The molecular weight excluding hydrogens is 268 g/mol. The van der Waals surface area contributed by atoms with Gasteiger partial charge in [-0.25, -0.2) is 0 Å². The lowest BCUT2D eigenvalue weighted by atomic mass is 10.1. The number of para-hydroxylation sites is 2. The number of rotatable bonds is 5. The average Bonchev–Trinajstić information content (AvgIpc) is 2.95. The topological polar surface area (TPSA) is 64.2 Å². The number of aromatic amines is 1. The van der Waals surface area contributed by atoms with Crippen molar-refractivity contribution < 1.29 is 14.3 Å². The summed E-state index contributed by atoms with van der Waals surface area (Å²) in [6.07, 6.45) is 0.784. The Bertz CT molecular complexity index is 747. The number of imidazole rings is 1. The van der Waals surface area contributed by atoms with Crippen LogP contribution in [-0.4, -0.2) is 23.4 Å². The number of benzene rings is 2. The van der Waals surface area contributed by atoms with E-state index in [-0.39, 0.29) is 0 Å². The molecule has 0 atom stereocenters. The zero-order valence-electron chi connectivity index (χ0n) is 11.5. The molecule has 0 spiro atoms. The van der Waals surface area contributed by atoms with Gasteiger partial charge < -0.3 is 14.5 Å². The number of aromatic nitrogens is 2.